The van der Waals surface area contributed by atoms with E-state index in [9.17, 15) is 0 Å². The first kappa shape index (κ1) is 18.5. The van der Waals surface area contributed by atoms with E-state index in [1.54, 1.807) is 0 Å². The molecule has 0 heterocycles. The molecule has 1 aromatic carbocycles. The Morgan fingerprint density at radius 3 is 2.48 bits per heavy atom. The Morgan fingerprint density at radius 2 is 1.90 bits per heavy atom. The molecule has 0 saturated carbocycles. The second-order valence-corrected chi connectivity index (χ2v) is 7.14. The van der Waals surface area contributed by atoms with Gasteiger partial charge in [0.2, 0.25) is 0 Å². The van der Waals surface area contributed by atoms with Gasteiger partial charge in [-0.05, 0) is 49.7 Å². The van der Waals surface area contributed by atoms with Crippen LogP contribution in [0.5, 0.6) is 0 Å². The largest absolute Gasteiger partial charge is 0.312 e. The van der Waals surface area contributed by atoms with Gasteiger partial charge in [-0.1, -0.05) is 39.8 Å². The zero-order valence-corrected chi connectivity index (χ0v) is 15.2. The summed E-state index contributed by atoms with van der Waals surface area (Å²) in [5.74, 6) is 1.88. The topological polar surface area (TPSA) is 15.3 Å². The molecule has 0 radical (unpaired) electrons. The van der Waals surface area contributed by atoms with Gasteiger partial charge in [-0.25, -0.2) is 0 Å². The van der Waals surface area contributed by atoms with E-state index < -0.39 is 0 Å². The van der Waals surface area contributed by atoms with Crippen LogP contribution in [0.15, 0.2) is 23.1 Å². The van der Waals surface area contributed by atoms with Crippen molar-refractivity contribution in [3.63, 3.8) is 0 Å². The Hall–Kier alpha value is -0.510. The molecule has 2 nitrogen and oxygen atoms in total. The first-order valence-corrected chi connectivity index (χ1v) is 9.20. The van der Waals surface area contributed by atoms with E-state index in [0.29, 0.717) is 5.92 Å². The van der Waals surface area contributed by atoms with Gasteiger partial charge in [-0.2, -0.15) is 0 Å². The van der Waals surface area contributed by atoms with Crippen molar-refractivity contribution in [1.82, 2.24) is 10.2 Å². The van der Waals surface area contributed by atoms with Crippen LogP contribution in [0, 0.1) is 12.8 Å². The Balaban J connectivity index is 2.43. The molecule has 0 amide bonds. The van der Waals surface area contributed by atoms with Crippen molar-refractivity contribution >= 4 is 11.8 Å². The van der Waals surface area contributed by atoms with Crippen LogP contribution in [-0.2, 0) is 6.54 Å². The summed E-state index contributed by atoms with van der Waals surface area (Å²) in [4.78, 5) is 3.90. The molecule has 3 heteroatoms. The Morgan fingerprint density at radius 1 is 1.19 bits per heavy atom. The minimum Gasteiger partial charge on any atom is -0.312 e. The minimum absolute atomic E-state index is 0.709. The average Bonchev–Trinajstić information content (AvgIpc) is 2.45. The summed E-state index contributed by atoms with van der Waals surface area (Å²) >= 11 is 1.98. The molecule has 0 spiro atoms. The van der Waals surface area contributed by atoms with E-state index in [1.165, 1.54) is 28.3 Å². The van der Waals surface area contributed by atoms with Crippen LogP contribution in [0.3, 0.4) is 0 Å². The summed E-state index contributed by atoms with van der Waals surface area (Å²) in [7, 11) is 0. The van der Waals surface area contributed by atoms with E-state index in [4.69, 9.17) is 0 Å². The van der Waals surface area contributed by atoms with Gasteiger partial charge in [0.25, 0.3) is 0 Å². The van der Waals surface area contributed by atoms with Crippen molar-refractivity contribution in [2.45, 2.75) is 46.1 Å². The smallest absolute Gasteiger partial charge is 0.0205 e. The fourth-order valence-corrected chi connectivity index (χ4v) is 3.33. The fraction of sp³-hybridized carbons (Fsp3) is 0.667. The van der Waals surface area contributed by atoms with Crippen LogP contribution in [0.25, 0.3) is 0 Å². The highest BCUT2D eigenvalue weighted by Gasteiger charge is 2.04. The number of hydrogen-bond donors (Lipinski definition) is 1. The van der Waals surface area contributed by atoms with Crippen molar-refractivity contribution in [2.24, 2.45) is 5.92 Å². The number of nitrogens with one attached hydrogen (secondary N) is 1. The van der Waals surface area contributed by atoms with E-state index >= 15 is 0 Å². The molecule has 0 aliphatic heterocycles. The molecule has 0 atom stereocenters. The van der Waals surface area contributed by atoms with Crippen LogP contribution >= 0.6 is 11.8 Å². The summed E-state index contributed by atoms with van der Waals surface area (Å²) in [6, 6.07) is 6.88. The van der Waals surface area contributed by atoms with Gasteiger partial charge in [0.05, 0.1) is 0 Å². The van der Waals surface area contributed by atoms with Crippen molar-refractivity contribution in [3.05, 3.63) is 29.3 Å². The molecular weight excluding hydrogens is 276 g/mol. The van der Waals surface area contributed by atoms with Crippen molar-refractivity contribution < 1.29 is 0 Å². The van der Waals surface area contributed by atoms with E-state index in [2.05, 4.69) is 63.0 Å². The number of nitrogens with zero attached hydrogens (tertiary/aromatic N) is 1. The molecule has 0 aliphatic rings. The summed E-state index contributed by atoms with van der Waals surface area (Å²) < 4.78 is 0. The maximum Gasteiger partial charge on any atom is 0.0205 e. The predicted molar refractivity (Wildman–Crippen MR) is 96.2 cm³/mol. The molecule has 0 unspecified atom stereocenters. The maximum atomic E-state index is 3.51. The third kappa shape index (κ3) is 7.35. The van der Waals surface area contributed by atoms with Gasteiger partial charge in [0.15, 0.2) is 0 Å². The summed E-state index contributed by atoms with van der Waals surface area (Å²) in [6.07, 6.45) is 0. The highest BCUT2D eigenvalue weighted by atomic mass is 32.2. The van der Waals surface area contributed by atoms with Crippen molar-refractivity contribution in [3.8, 4) is 0 Å². The lowest BCUT2D eigenvalue weighted by Crippen LogP contribution is -2.25. The van der Waals surface area contributed by atoms with E-state index in [1.807, 2.05) is 11.8 Å². The monoisotopic (exact) mass is 308 g/mol. The lowest BCUT2D eigenvalue weighted by Gasteiger charge is -2.17. The summed E-state index contributed by atoms with van der Waals surface area (Å²) in [5, 5.41) is 3.51. The first-order chi connectivity index (χ1) is 10.1. The number of hydrogen-bond acceptors (Lipinski definition) is 3. The lowest BCUT2D eigenvalue weighted by atomic mass is 10.1. The molecule has 0 aromatic heterocycles. The Kier molecular flexibility index (Phi) is 9.05. The molecule has 0 fully saturated rings. The van der Waals surface area contributed by atoms with Crippen molar-refractivity contribution in [1.29, 1.82) is 0 Å². The quantitative estimate of drug-likeness (QED) is 0.653. The molecule has 0 saturated heterocycles. The molecular formula is C18H32N2S. The lowest BCUT2D eigenvalue weighted by molar-refractivity contribution is 0.324. The molecule has 0 aliphatic carbocycles. The third-order valence-corrected chi connectivity index (χ3v) is 4.84. The summed E-state index contributed by atoms with van der Waals surface area (Å²) in [5.41, 5.74) is 2.80. The number of benzene rings is 1. The highest BCUT2D eigenvalue weighted by Crippen LogP contribution is 2.23. The third-order valence-electron chi connectivity index (χ3n) is 3.68. The van der Waals surface area contributed by atoms with Crippen LogP contribution in [0.1, 0.15) is 38.8 Å². The molecule has 1 aromatic rings. The molecule has 21 heavy (non-hydrogen) atoms. The summed E-state index contributed by atoms with van der Waals surface area (Å²) in [6.45, 7) is 16.7. The molecule has 1 rings (SSSR count). The molecule has 120 valence electrons. The zero-order valence-electron chi connectivity index (χ0n) is 14.4. The van der Waals surface area contributed by atoms with Gasteiger partial charge >= 0.3 is 0 Å². The standard InChI is InChI=1S/C18H32N2S/c1-6-20(7-2)10-11-21-18-9-8-17(12-16(18)5)14-19-13-15(3)4/h8-9,12,15,19H,6-7,10-11,13-14H2,1-5H3. The van der Waals surface area contributed by atoms with E-state index in [-0.39, 0.29) is 0 Å². The molecule has 0 bridgehead atoms. The Labute approximate surface area is 135 Å². The number of aryl methyl sites for hydroxylation is 1. The van der Waals surface area contributed by atoms with Crippen LogP contribution < -0.4 is 5.32 Å². The van der Waals surface area contributed by atoms with Gasteiger partial charge in [0.1, 0.15) is 0 Å². The van der Waals surface area contributed by atoms with Gasteiger partial charge in [-0.3, -0.25) is 0 Å². The highest BCUT2D eigenvalue weighted by molar-refractivity contribution is 7.99. The predicted octanol–water partition coefficient (Wildman–Crippen LogP) is 4.17. The van der Waals surface area contributed by atoms with Crippen LogP contribution in [0.2, 0.25) is 0 Å². The normalized spacial score (nSPS) is 11.6. The van der Waals surface area contributed by atoms with Crippen LogP contribution in [-0.4, -0.2) is 36.8 Å². The minimum atomic E-state index is 0.709. The van der Waals surface area contributed by atoms with Crippen molar-refractivity contribution in [2.75, 3.05) is 31.9 Å². The molecule has 1 N–H and O–H groups in total. The van der Waals surface area contributed by atoms with Gasteiger partial charge in [-0.15, -0.1) is 11.8 Å². The Bertz CT molecular complexity index is 400. The van der Waals surface area contributed by atoms with Crippen LogP contribution in [0.4, 0.5) is 0 Å². The number of thioether (sulfide) groups is 1. The maximum absolute atomic E-state index is 3.51. The van der Waals surface area contributed by atoms with Gasteiger partial charge in [0, 0.05) is 23.7 Å². The second-order valence-electron chi connectivity index (χ2n) is 6.00. The first-order valence-electron chi connectivity index (χ1n) is 8.22. The zero-order chi connectivity index (χ0) is 15.7. The van der Waals surface area contributed by atoms with E-state index in [0.717, 1.165) is 26.2 Å². The SMILES string of the molecule is CCN(CC)CCSc1ccc(CNCC(C)C)cc1C. The number of rotatable bonds is 10. The fourth-order valence-electron chi connectivity index (χ4n) is 2.31. The van der Waals surface area contributed by atoms with Gasteiger partial charge < -0.3 is 10.2 Å². The average molecular weight is 309 g/mol. The second kappa shape index (κ2) is 10.3.